The first-order valence-corrected chi connectivity index (χ1v) is 11.9. The molecule has 0 radical (unpaired) electrons. The number of allylic oxidation sites excluding steroid dienone is 1. The first kappa shape index (κ1) is 21.6. The first-order valence-electron chi connectivity index (χ1n) is 11.9. The highest BCUT2D eigenvalue weighted by molar-refractivity contribution is 5.98. The number of fused-ring (bicyclic) bond motifs is 5. The molecule has 2 aliphatic rings. The van der Waals surface area contributed by atoms with Crippen molar-refractivity contribution >= 4 is 16.9 Å². The monoisotopic (exact) mass is 444 g/mol. The van der Waals surface area contributed by atoms with Crippen LogP contribution in [0.4, 0.5) is 0 Å². The van der Waals surface area contributed by atoms with Crippen molar-refractivity contribution in [1.82, 2.24) is 9.47 Å². The van der Waals surface area contributed by atoms with Crippen molar-refractivity contribution in [1.29, 1.82) is 0 Å². The molecule has 0 bridgehead atoms. The second-order valence-electron chi connectivity index (χ2n) is 9.59. The number of nitrogens with zero attached hydrogens (tertiary/aromatic N) is 2. The van der Waals surface area contributed by atoms with Crippen molar-refractivity contribution < 1.29 is 14.6 Å². The van der Waals surface area contributed by atoms with Gasteiger partial charge in [-0.25, -0.2) is 4.79 Å². The van der Waals surface area contributed by atoms with Crippen molar-refractivity contribution in [3.05, 3.63) is 64.9 Å². The number of carboxylic acids is 1. The normalized spacial score (nSPS) is 18.0. The molecule has 3 aromatic rings. The maximum absolute atomic E-state index is 11.9. The predicted molar refractivity (Wildman–Crippen MR) is 132 cm³/mol. The van der Waals surface area contributed by atoms with Crippen LogP contribution < -0.4 is 4.74 Å². The first-order chi connectivity index (χ1) is 16.0. The summed E-state index contributed by atoms with van der Waals surface area (Å²) in [5.41, 5.74) is 7.37. The van der Waals surface area contributed by atoms with Gasteiger partial charge in [-0.2, -0.15) is 0 Å². The van der Waals surface area contributed by atoms with Gasteiger partial charge in [0.15, 0.2) is 0 Å². The summed E-state index contributed by atoms with van der Waals surface area (Å²) in [4.78, 5) is 14.0. The van der Waals surface area contributed by atoms with Gasteiger partial charge in [-0.1, -0.05) is 37.5 Å². The molecule has 2 heterocycles. The molecule has 1 aromatic heterocycles. The number of carbonyl (C=O) groups is 1. The molecule has 0 spiro atoms. The molecule has 1 aliphatic carbocycles. The minimum atomic E-state index is -0.888. The molecule has 5 heteroatoms. The van der Waals surface area contributed by atoms with Crippen LogP contribution in [0.2, 0.25) is 0 Å². The average molecular weight is 445 g/mol. The molecule has 0 saturated heterocycles. The van der Waals surface area contributed by atoms with Crippen LogP contribution in [0.15, 0.2) is 53.7 Å². The number of ether oxygens (including phenoxy) is 1. The highest BCUT2D eigenvalue weighted by Crippen LogP contribution is 2.47. The summed E-state index contributed by atoms with van der Waals surface area (Å²) < 4.78 is 8.73. The Balaban J connectivity index is 1.86. The van der Waals surface area contributed by atoms with E-state index in [1.165, 1.54) is 60.0 Å². The molecule has 172 valence electrons. The standard InChI is InChI=1S/C28H32N2O3/c1-18(29(2)3)21-16-30-24-15-20(28(31)32)13-14-22(24)26(19-9-5-4-6-10-19)27(30)23-11-7-8-12-25(23)33-17-21/h7-8,11-15,19H,4-6,9-10,16-17H2,1-3H3,(H,31,32). The molecule has 2 aromatic carbocycles. The van der Waals surface area contributed by atoms with Crippen LogP contribution in [0.25, 0.3) is 22.2 Å². The molecule has 5 nitrogen and oxygen atoms in total. The topological polar surface area (TPSA) is 54.7 Å². The molecule has 0 amide bonds. The smallest absolute Gasteiger partial charge is 0.335 e. The molecule has 1 N–H and O–H groups in total. The second kappa shape index (κ2) is 8.62. The van der Waals surface area contributed by atoms with Crippen LogP contribution in [0, 0.1) is 0 Å². The van der Waals surface area contributed by atoms with E-state index in [0.717, 1.165) is 16.8 Å². The van der Waals surface area contributed by atoms with Crippen LogP contribution >= 0.6 is 0 Å². The van der Waals surface area contributed by atoms with Crippen LogP contribution in [-0.4, -0.2) is 41.2 Å². The lowest BCUT2D eigenvalue weighted by Gasteiger charge is -2.27. The number of aromatic nitrogens is 1. The predicted octanol–water partition coefficient (Wildman–Crippen LogP) is 6.28. The summed E-state index contributed by atoms with van der Waals surface area (Å²) in [5, 5.41) is 10.9. The van der Waals surface area contributed by atoms with E-state index >= 15 is 0 Å². The maximum Gasteiger partial charge on any atom is 0.335 e. The molecule has 0 unspecified atom stereocenters. The van der Waals surface area contributed by atoms with Gasteiger partial charge in [-0.05, 0) is 55.5 Å². The number of aromatic carboxylic acids is 1. The molecular weight excluding hydrogens is 412 g/mol. The quantitative estimate of drug-likeness (QED) is 0.516. The van der Waals surface area contributed by atoms with Gasteiger partial charge in [0, 0.05) is 48.4 Å². The van der Waals surface area contributed by atoms with Crippen molar-refractivity contribution in [2.24, 2.45) is 0 Å². The third kappa shape index (κ3) is 3.79. The lowest BCUT2D eigenvalue weighted by Crippen LogP contribution is -2.20. The van der Waals surface area contributed by atoms with Crippen molar-refractivity contribution in [3.8, 4) is 17.0 Å². The number of hydrogen-bond acceptors (Lipinski definition) is 3. The van der Waals surface area contributed by atoms with Gasteiger partial charge in [-0.15, -0.1) is 0 Å². The fraction of sp³-hybridized carbons (Fsp3) is 0.393. The van der Waals surface area contributed by atoms with Crippen molar-refractivity contribution in [2.75, 3.05) is 20.7 Å². The SMILES string of the molecule is CC(=C1COc2ccccc2-c2c(C3CCCCC3)c3ccc(C(=O)O)cc3n2C1)N(C)C. The Hall–Kier alpha value is -3.21. The van der Waals surface area contributed by atoms with Gasteiger partial charge >= 0.3 is 5.97 Å². The fourth-order valence-corrected chi connectivity index (χ4v) is 5.49. The number of rotatable bonds is 3. The number of hydrogen-bond donors (Lipinski definition) is 1. The van der Waals surface area contributed by atoms with Crippen molar-refractivity contribution in [2.45, 2.75) is 51.5 Å². The van der Waals surface area contributed by atoms with E-state index in [1.807, 2.05) is 18.2 Å². The van der Waals surface area contributed by atoms with Crippen LogP contribution in [0.5, 0.6) is 5.75 Å². The maximum atomic E-state index is 11.9. The van der Waals surface area contributed by atoms with Gasteiger partial charge in [0.05, 0.1) is 11.3 Å². The van der Waals surface area contributed by atoms with E-state index in [2.05, 4.69) is 48.7 Å². The second-order valence-corrected chi connectivity index (χ2v) is 9.59. The van der Waals surface area contributed by atoms with Crippen LogP contribution in [-0.2, 0) is 6.54 Å². The van der Waals surface area contributed by atoms with Crippen molar-refractivity contribution in [3.63, 3.8) is 0 Å². The summed E-state index contributed by atoms with van der Waals surface area (Å²) in [5.74, 6) is 0.477. The van der Waals surface area contributed by atoms with E-state index < -0.39 is 5.97 Å². The number of para-hydroxylation sites is 1. The lowest BCUT2D eigenvalue weighted by atomic mass is 9.81. The molecular formula is C28H32N2O3. The minimum absolute atomic E-state index is 0.333. The zero-order chi connectivity index (χ0) is 23.1. The van der Waals surface area contributed by atoms with Gasteiger partial charge < -0.3 is 19.3 Å². The molecule has 0 atom stereocenters. The summed E-state index contributed by atoms with van der Waals surface area (Å²) in [6, 6.07) is 14.0. The van der Waals surface area contributed by atoms with Crippen LogP contribution in [0.3, 0.4) is 0 Å². The van der Waals surface area contributed by atoms with E-state index in [-0.39, 0.29) is 0 Å². The Morgan fingerprint density at radius 1 is 1.09 bits per heavy atom. The zero-order valence-corrected chi connectivity index (χ0v) is 19.7. The fourth-order valence-electron chi connectivity index (χ4n) is 5.49. The van der Waals surface area contributed by atoms with E-state index in [1.54, 1.807) is 6.07 Å². The van der Waals surface area contributed by atoms with E-state index in [0.29, 0.717) is 24.6 Å². The van der Waals surface area contributed by atoms with Gasteiger partial charge in [0.25, 0.3) is 0 Å². The summed E-state index contributed by atoms with van der Waals surface area (Å²) in [7, 11) is 4.11. The Kier molecular flexibility index (Phi) is 5.65. The van der Waals surface area contributed by atoms with Gasteiger partial charge in [-0.3, -0.25) is 0 Å². The highest BCUT2D eigenvalue weighted by Gasteiger charge is 2.30. The Morgan fingerprint density at radius 2 is 1.85 bits per heavy atom. The molecule has 1 saturated carbocycles. The largest absolute Gasteiger partial charge is 0.488 e. The number of carboxylic acid groups (broad SMARTS) is 1. The van der Waals surface area contributed by atoms with E-state index in [9.17, 15) is 9.90 Å². The van der Waals surface area contributed by atoms with Gasteiger partial charge in [0.1, 0.15) is 12.4 Å². The number of benzene rings is 2. The lowest BCUT2D eigenvalue weighted by molar-refractivity contribution is 0.0697. The molecule has 33 heavy (non-hydrogen) atoms. The Bertz CT molecular complexity index is 1250. The van der Waals surface area contributed by atoms with Gasteiger partial charge in [0.2, 0.25) is 0 Å². The summed E-state index contributed by atoms with van der Waals surface area (Å²) in [6.45, 7) is 3.32. The Labute approximate surface area is 195 Å². The molecule has 1 aliphatic heterocycles. The molecule has 1 fully saturated rings. The third-order valence-corrected chi connectivity index (χ3v) is 7.44. The summed E-state index contributed by atoms with van der Waals surface area (Å²) in [6.07, 6.45) is 6.13. The third-order valence-electron chi connectivity index (χ3n) is 7.44. The molecule has 5 rings (SSSR count). The Morgan fingerprint density at radius 3 is 2.58 bits per heavy atom. The highest BCUT2D eigenvalue weighted by atomic mass is 16.5. The average Bonchev–Trinajstić information content (AvgIpc) is 3.13. The zero-order valence-electron chi connectivity index (χ0n) is 19.7. The summed E-state index contributed by atoms with van der Waals surface area (Å²) >= 11 is 0. The minimum Gasteiger partial charge on any atom is -0.488 e. The van der Waals surface area contributed by atoms with Crippen LogP contribution in [0.1, 0.15) is 60.9 Å². The van der Waals surface area contributed by atoms with E-state index in [4.69, 9.17) is 4.74 Å².